The van der Waals surface area contributed by atoms with Crippen LogP contribution in [0.15, 0.2) is 48.8 Å². The molecule has 2 aromatic rings. The second kappa shape index (κ2) is 10.3. The molecule has 0 amide bonds. The van der Waals surface area contributed by atoms with Gasteiger partial charge in [0.2, 0.25) is 0 Å². The second-order valence-corrected chi connectivity index (χ2v) is 6.11. The molecule has 0 fully saturated rings. The number of hydrogen-bond acceptors (Lipinski definition) is 5. The fourth-order valence-electron chi connectivity index (χ4n) is 2.51. The summed E-state index contributed by atoms with van der Waals surface area (Å²) in [5, 5.41) is 0. The molecular formula is C21H25NO4. The highest BCUT2D eigenvalue weighted by Crippen LogP contribution is 2.21. The molecule has 5 nitrogen and oxygen atoms in total. The second-order valence-electron chi connectivity index (χ2n) is 6.11. The largest absolute Gasteiger partial charge is 0.493 e. The van der Waals surface area contributed by atoms with Gasteiger partial charge in [-0.1, -0.05) is 19.1 Å². The number of nitrogens with zero attached hydrogens (tertiary/aromatic N) is 1. The number of aromatic nitrogens is 1. The number of Topliss-reactive ketones (excluding diaryl/α,β-unsaturated/α-hetero) is 1. The van der Waals surface area contributed by atoms with Crippen LogP contribution >= 0.6 is 0 Å². The van der Waals surface area contributed by atoms with E-state index in [1.807, 2.05) is 43.3 Å². The molecule has 0 aliphatic carbocycles. The molecule has 0 spiro atoms. The summed E-state index contributed by atoms with van der Waals surface area (Å²) in [5.74, 6) is 0.596. The van der Waals surface area contributed by atoms with E-state index in [1.54, 1.807) is 19.3 Å². The first kappa shape index (κ1) is 19.6. The minimum atomic E-state index is -0.285. The smallest absolute Gasteiger partial charge is 0.309 e. The van der Waals surface area contributed by atoms with E-state index in [4.69, 9.17) is 9.47 Å². The fraction of sp³-hybridized carbons (Fsp3) is 0.381. The van der Waals surface area contributed by atoms with E-state index in [1.165, 1.54) is 0 Å². The molecule has 0 bridgehead atoms. The van der Waals surface area contributed by atoms with Crippen LogP contribution in [0.5, 0.6) is 5.75 Å². The van der Waals surface area contributed by atoms with Crippen molar-refractivity contribution in [1.82, 2.24) is 4.98 Å². The zero-order valence-corrected chi connectivity index (χ0v) is 15.3. The number of rotatable bonds is 10. The minimum Gasteiger partial charge on any atom is -0.493 e. The maximum Gasteiger partial charge on any atom is 0.309 e. The van der Waals surface area contributed by atoms with E-state index in [-0.39, 0.29) is 30.9 Å². The summed E-state index contributed by atoms with van der Waals surface area (Å²) in [6, 6.07) is 11.3. The highest BCUT2D eigenvalue weighted by atomic mass is 16.5. The maximum atomic E-state index is 12.0. The van der Waals surface area contributed by atoms with Crippen molar-refractivity contribution in [3.8, 4) is 5.75 Å². The van der Waals surface area contributed by atoms with Gasteiger partial charge in [0.15, 0.2) is 0 Å². The van der Waals surface area contributed by atoms with Crippen molar-refractivity contribution in [3.05, 3.63) is 59.9 Å². The molecule has 0 saturated carbocycles. The van der Waals surface area contributed by atoms with E-state index in [0.717, 1.165) is 17.5 Å². The number of pyridine rings is 1. The molecule has 1 aromatic heterocycles. The third-order valence-corrected chi connectivity index (χ3v) is 3.99. The van der Waals surface area contributed by atoms with Crippen LogP contribution in [0.2, 0.25) is 0 Å². The standard InChI is InChI=1S/C21H25NO4/c1-3-20(18-10-13-22-14-11-18)26-21(24)12-15-25-19-8-6-17(7-9-19)5-4-16(2)23/h6-11,13-14,20H,3-5,12,15H2,1-2H3. The number of benzene rings is 1. The average Bonchev–Trinajstić information content (AvgIpc) is 2.66. The molecule has 2 rings (SSSR count). The highest BCUT2D eigenvalue weighted by Gasteiger charge is 2.14. The van der Waals surface area contributed by atoms with Crippen LogP contribution in [0.4, 0.5) is 0 Å². The number of aryl methyl sites for hydroxylation is 1. The lowest BCUT2D eigenvalue weighted by molar-refractivity contribution is -0.150. The SMILES string of the molecule is CCC(OC(=O)CCOc1ccc(CCC(C)=O)cc1)c1ccncc1. The summed E-state index contributed by atoms with van der Waals surface area (Å²) in [6.07, 6.45) is 5.29. The lowest BCUT2D eigenvalue weighted by Gasteiger charge is -2.16. The van der Waals surface area contributed by atoms with E-state index in [9.17, 15) is 9.59 Å². The Morgan fingerprint density at radius 1 is 1.04 bits per heavy atom. The molecule has 0 radical (unpaired) electrons. The van der Waals surface area contributed by atoms with Crippen molar-refractivity contribution in [2.24, 2.45) is 0 Å². The van der Waals surface area contributed by atoms with Crippen LogP contribution in [0, 0.1) is 0 Å². The summed E-state index contributed by atoms with van der Waals surface area (Å²) in [7, 11) is 0. The Morgan fingerprint density at radius 3 is 2.35 bits per heavy atom. The van der Waals surface area contributed by atoms with Gasteiger partial charge < -0.3 is 14.3 Å². The predicted molar refractivity (Wildman–Crippen MR) is 98.9 cm³/mol. The average molecular weight is 355 g/mol. The molecule has 1 aromatic carbocycles. The molecule has 1 heterocycles. The molecule has 0 aliphatic heterocycles. The van der Waals surface area contributed by atoms with Gasteiger partial charge in [-0.3, -0.25) is 9.78 Å². The Labute approximate surface area is 154 Å². The van der Waals surface area contributed by atoms with Crippen LogP contribution in [-0.4, -0.2) is 23.3 Å². The van der Waals surface area contributed by atoms with Gasteiger partial charge in [0.05, 0.1) is 13.0 Å². The summed E-state index contributed by atoms with van der Waals surface area (Å²) >= 11 is 0. The van der Waals surface area contributed by atoms with E-state index < -0.39 is 0 Å². The van der Waals surface area contributed by atoms with Crippen LogP contribution in [-0.2, 0) is 20.7 Å². The first-order chi connectivity index (χ1) is 12.6. The molecule has 26 heavy (non-hydrogen) atoms. The first-order valence-corrected chi connectivity index (χ1v) is 8.89. The van der Waals surface area contributed by atoms with Gasteiger partial charge >= 0.3 is 5.97 Å². The van der Waals surface area contributed by atoms with E-state index in [2.05, 4.69) is 4.98 Å². The van der Waals surface area contributed by atoms with Gasteiger partial charge in [-0.15, -0.1) is 0 Å². The van der Waals surface area contributed by atoms with Crippen molar-refractivity contribution < 1.29 is 19.1 Å². The molecule has 138 valence electrons. The first-order valence-electron chi connectivity index (χ1n) is 8.89. The molecule has 0 saturated heterocycles. The van der Waals surface area contributed by atoms with Crippen molar-refractivity contribution in [2.45, 2.75) is 45.6 Å². The number of carbonyl (C=O) groups is 2. The van der Waals surface area contributed by atoms with Crippen LogP contribution < -0.4 is 4.74 Å². The third-order valence-electron chi connectivity index (χ3n) is 3.99. The Kier molecular flexibility index (Phi) is 7.80. The number of esters is 1. The summed E-state index contributed by atoms with van der Waals surface area (Å²) < 4.78 is 11.1. The fourth-order valence-corrected chi connectivity index (χ4v) is 2.51. The predicted octanol–water partition coefficient (Wildman–Crippen LogP) is 4.07. The van der Waals surface area contributed by atoms with Crippen LogP contribution in [0.25, 0.3) is 0 Å². The van der Waals surface area contributed by atoms with Crippen LogP contribution in [0.3, 0.4) is 0 Å². The molecule has 1 unspecified atom stereocenters. The number of carbonyl (C=O) groups excluding carboxylic acids is 2. The van der Waals surface area contributed by atoms with Gasteiger partial charge in [0.25, 0.3) is 0 Å². The monoisotopic (exact) mass is 355 g/mol. The zero-order valence-electron chi connectivity index (χ0n) is 15.3. The normalized spacial score (nSPS) is 11.6. The quantitative estimate of drug-likeness (QED) is 0.601. The van der Waals surface area contributed by atoms with Crippen molar-refractivity contribution >= 4 is 11.8 Å². The van der Waals surface area contributed by atoms with Crippen molar-refractivity contribution in [2.75, 3.05) is 6.61 Å². The molecular weight excluding hydrogens is 330 g/mol. The minimum absolute atomic E-state index is 0.181. The maximum absolute atomic E-state index is 12.0. The van der Waals surface area contributed by atoms with Gasteiger partial charge in [-0.2, -0.15) is 0 Å². The summed E-state index contributed by atoms with van der Waals surface area (Å²) in [4.78, 5) is 27.0. The Balaban J connectivity index is 1.74. The third kappa shape index (κ3) is 6.67. The van der Waals surface area contributed by atoms with Gasteiger partial charge in [-0.05, 0) is 55.2 Å². The van der Waals surface area contributed by atoms with Gasteiger partial charge in [0, 0.05) is 18.8 Å². The molecule has 0 aliphatic rings. The lowest BCUT2D eigenvalue weighted by Crippen LogP contribution is -2.14. The van der Waals surface area contributed by atoms with E-state index in [0.29, 0.717) is 18.6 Å². The molecule has 0 N–H and O–H groups in total. The summed E-state index contributed by atoms with van der Waals surface area (Å²) in [6.45, 7) is 3.83. The van der Waals surface area contributed by atoms with Crippen LogP contribution in [0.1, 0.15) is 50.3 Å². The number of hydrogen-bond donors (Lipinski definition) is 0. The summed E-state index contributed by atoms with van der Waals surface area (Å²) in [5.41, 5.74) is 2.04. The molecule has 1 atom stereocenters. The molecule has 5 heteroatoms. The van der Waals surface area contributed by atoms with E-state index >= 15 is 0 Å². The Bertz CT molecular complexity index is 698. The highest BCUT2D eigenvalue weighted by molar-refractivity contribution is 5.75. The van der Waals surface area contributed by atoms with Crippen molar-refractivity contribution in [3.63, 3.8) is 0 Å². The number of ketones is 1. The zero-order chi connectivity index (χ0) is 18.8. The Morgan fingerprint density at radius 2 is 1.73 bits per heavy atom. The van der Waals surface area contributed by atoms with Gasteiger partial charge in [-0.25, -0.2) is 0 Å². The van der Waals surface area contributed by atoms with Crippen molar-refractivity contribution in [1.29, 1.82) is 0 Å². The van der Waals surface area contributed by atoms with Gasteiger partial charge in [0.1, 0.15) is 17.6 Å². The lowest BCUT2D eigenvalue weighted by atomic mass is 10.1. The Hall–Kier alpha value is -2.69. The number of ether oxygens (including phenoxy) is 2. The topological polar surface area (TPSA) is 65.5 Å².